The number of ether oxygens (including phenoxy) is 2. The molecule has 0 unspecified atom stereocenters. The summed E-state index contributed by atoms with van der Waals surface area (Å²) in [6.07, 6.45) is 2.99. The van der Waals surface area contributed by atoms with E-state index >= 15 is 0 Å². The van der Waals surface area contributed by atoms with Crippen LogP contribution in [0.5, 0.6) is 0 Å². The summed E-state index contributed by atoms with van der Waals surface area (Å²) in [6.45, 7) is 5.02. The van der Waals surface area contributed by atoms with Crippen LogP contribution < -0.4 is 0 Å². The minimum absolute atomic E-state index is 0.0394. The average Bonchev–Trinajstić information content (AvgIpc) is 2.57. The first-order valence-corrected chi connectivity index (χ1v) is 4.98. The Balaban J connectivity index is 2.01. The van der Waals surface area contributed by atoms with Crippen molar-refractivity contribution in [3.05, 3.63) is 0 Å². The molecule has 1 spiro atoms. The second kappa shape index (κ2) is 2.94. The molecule has 0 aromatic heterocycles. The van der Waals surface area contributed by atoms with Crippen LogP contribution in [0.1, 0.15) is 33.1 Å². The van der Waals surface area contributed by atoms with E-state index in [1.165, 1.54) is 0 Å². The molecule has 1 N–H and O–H groups in total. The molecule has 2 aliphatic heterocycles. The molecule has 2 heterocycles. The predicted octanol–water partition coefficient (Wildman–Crippen LogP) is 1.10. The largest absolute Gasteiger partial charge is 0.394 e. The second-order valence-electron chi connectivity index (χ2n) is 4.87. The Labute approximate surface area is 79.0 Å². The third kappa shape index (κ3) is 1.73. The van der Waals surface area contributed by atoms with Gasteiger partial charge in [0.05, 0.1) is 30.5 Å². The van der Waals surface area contributed by atoms with Crippen molar-refractivity contribution in [3.8, 4) is 0 Å². The molecule has 0 radical (unpaired) electrons. The first-order chi connectivity index (χ1) is 6.05. The van der Waals surface area contributed by atoms with Crippen LogP contribution in [0.3, 0.4) is 0 Å². The molecular formula is C10H18O3. The molecule has 0 saturated carbocycles. The summed E-state index contributed by atoms with van der Waals surface area (Å²) < 4.78 is 11.5. The molecule has 0 aromatic carbocycles. The monoisotopic (exact) mass is 186 g/mol. The normalized spacial score (nSPS) is 43.2. The average molecular weight is 186 g/mol. The van der Waals surface area contributed by atoms with Crippen LogP contribution in [-0.4, -0.2) is 35.6 Å². The Morgan fingerprint density at radius 2 is 2.23 bits per heavy atom. The van der Waals surface area contributed by atoms with Crippen LogP contribution in [0.4, 0.5) is 0 Å². The summed E-state index contributed by atoms with van der Waals surface area (Å²) in [7, 11) is 0. The Hall–Kier alpha value is -0.120. The SMILES string of the molecule is CC1(C)C[C@@]2(CC[C@@H](CO)O2)CO1. The van der Waals surface area contributed by atoms with Crippen molar-refractivity contribution in [1.82, 2.24) is 0 Å². The van der Waals surface area contributed by atoms with Gasteiger partial charge in [0, 0.05) is 6.42 Å². The van der Waals surface area contributed by atoms with Gasteiger partial charge in [-0.3, -0.25) is 0 Å². The van der Waals surface area contributed by atoms with Gasteiger partial charge in [0.2, 0.25) is 0 Å². The van der Waals surface area contributed by atoms with Gasteiger partial charge in [-0.15, -0.1) is 0 Å². The zero-order valence-corrected chi connectivity index (χ0v) is 8.38. The van der Waals surface area contributed by atoms with Crippen molar-refractivity contribution < 1.29 is 14.6 Å². The van der Waals surface area contributed by atoms with E-state index in [-0.39, 0.29) is 23.9 Å². The Morgan fingerprint density at radius 1 is 1.46 bits per heavy atom. The van der Waals surface area contributed by atoms with Crippen LogP contribution in [0.2, 0.25) is 0 Å². The van der Waals surface area contributed by atoms with Crippen LogP contribution in [0.15, 0.2) is 0 Å². The van der Waals surface area contributed by atoms with E-state index in [0.29, 0.717) is 6.61 Å². The van der Waals surface area contributed by atoms with Gasteiger partial charge < -0.3 is 14.6 Å². The first kappa shape index (κ1) is 9.44. The zero-order valence-electron chi connectivity index (χ0n) is 8.38. The third-order valence-electron chi connectivity index (χ3n) is 3.02. The third-order valence-corrected chi connectivity index (χ3v) is 3.02. The van der Waals surface area contributed by atoms with Gasteiger partial charge in [-0.1, -0.05) is 0 Å². The maximum atomic E-state index is 8.97. The molecule has 0 aromatic rings. The molecule has 0 amide bonds. The minimum atomic E-state index is -0.0864. The van der Waals surface area contributed by atoms with E-state index in [2.05, 4.69) is 13.8 Å². The fourth-order valence-corrected chi connectivity index (χ4v) is 2.47. The van der Waals surface area contributed by atoms with Gasteiger partial charge in [-0.2, -0.15) is 0 Å². The molecule has 2 rings (SSSR count). The minimum Gasteiger partial charge on any atom is -0.394 e. The van der Waals surface area contributed by atoms with Crippen LogP contribution >= 0.6 is 0 Å². The molecule has 0 bridgehead atoms. The molecule has 76 valence electrons. The van der Waals surface area contributed by atoms with E-state index in [1.54, 1.807) is 0 Å². The summed E-state index contributed by atoms with van der Waals surface area (Å²) in [5.74, 6) is 0. The van der Waals surface area contributed by atoms with Gasteiger partial charge in [-0.25, -0.2) is 0 Å². The number of rotatable bonds is 1. The lowest BCUT2D eigenvalue weighted by atomic mass is 9.91. The molecule has 2 aliphatic rings. The van der Waals surface area contributed by atoms with E-state index in [9.17, 15) is 0 Å². The lowest BCUT2D eigenvalue weighted by molar-refractivity contribution is -0.0620. The van der Waals surface area contributed by atoms with Gasteiger partial charge in [0.15, 0.2) is 0 Å². The lowest BCUT2D eigenvalue weighted by Gasteiger charge is -2.23. The van der Waals surface area contributed by atoms with Crippen molar-refractivity contribution in [2.24, 2.45) is 0 Å². The molecule has 0 aliphatic carbocycles. The lowest BCUT2D eigenvalue weighted by Crippen LogP contribution is -2.31. The van der Waals surface area contributed by atoms with E-state index in [0.717, 1.165) is 19.3 Å². The molecule has 3 nitrogen and oxygen atoms in total. The van der Waals surface area contributed by atoms with Crippen molar-refractivity contribution in [2.75, 3.05) is 13.2 Å². The Morgan fingerprint density at radius 3 is 2.69 bits per heavy atom. The predicted molar refractivity (Wildman–Crippen MR) is 48.6 cm³/mol. The van der Waals surface area contributed by atoms with E-state index in [1.807, 2.05) is 0 Å². The van der Waals surface area contributed by atoms with Gasteiger partial charge in [0.1, 0.15) is 0 Å². The van der Waals surface area contributed by atoms with Crippen molar-refractivity contribution in [3.63, 3.8) is 0 Å². The van der Waals surface area contributed by atoms with E-state index < -0.39 is 0 Å². The van der Waals surface area contributed by atoms with Gasteiger partial charge >= 0.3 is 0 Å². The maximum Gasteiger partial charge on any atom is 0.0948 e. The molecule has 2 saturated heterocycles. The second-order valence-corrected chi connectivity index (χ2v) is 4.87. The summed E-state index contributed by atoms with van der Waals surface area (Å²) in [5, 5.41) is 8.97. The highest BCUT2D eigenvalue weighted by Crippen LogP contribution is 2.43. The number of aliphatic hydroxyl groups is 1. The van der Waals surface area contributed by atoms with Crippen molar-refractivity contribution in [1.29, 1.82) is 0 Å². The molecule has 2 fully saturated rings. The summed E-state index contributed by atoms with van der Waals surface area (Å²) in [5.41, 5.74) is -0.138. The summed E-state index contributed by atoms with van der Waals surface area (Å²) >= 11 is 0. The highest BCUT2D eigenvalue weighted by molar-refractivity contribution is 4.98. The highest BCUT2D eigenvalue weighted by Gasteiger charge is 2.49. The summed E-state index contributed by atoms with van der Waals surface area (Å²) in [6, 6.07) is 0. The quantitative estimate of drug-likeness (QED) is 0.666. The number of hydrogen-bond donors (Lipinski definition) is 1. The maximum absolute atomic E-state index is 8.97. The van der Waals surface area contributed by atoms with Gasteiger partial charge in [0.25, 0.3) is 0 Å². The smallest absolute Gasteiger partial charge is 0.0948 e. The van der Waals surface area contributed by atoms with Crippen LogP contribution in [0, 0.1) is 0 Å². The summed E-state index contributed by atoms with van der Waals surface area (Å²) in [4.78, 5) is 0. The number of aliphatic hydroxyl groups excluding tert-OH is 1. The highest BCUT2D eigenvalue weighted by atomic mass is 16.6. The van der Waals surface area contributed by atoms with Crippen molar-refractivity contribution >= 4 is 0 Å². The molecular weight excluding hydrogens is 168 g/mol. The first-order valence-electron chi connectivity index (χ1n) is 4.98. The fraction of sp³-hybridized carbons (Fsp3) is 1.00. The van der Waals surface area contributed by atoms with Gasteiger partial charge in [-0.05, 0) is 26.7 Å². The zero-order chi connectivity index (χ0) is 9.53. The number of hydrogen-bond acceptors (Lipinski definition) is 3. The fourth-order valence-electron chi connectivity index (χ4n) is 2.47. The topological polar surface area (TPSA) is 38.7 Å². The van der Waals surface area contributed by atoms with Crippen molar-refractivity contribution in [2.45, 2.75) is 50.4 Å². The van der Waals surface area contributed by atoms with E-state index in [4.69, 9.17) is 14.6 Å². The standard InChI is InChI=1S/C10H18O3/c1-9(2)6-10(7-12-9)4-3-8(5-11)13-10/h8,11H,3-7H2,1-2H3/t8-,10-/m0/s1. The Bertz CT molecular complexity index is 202. The molecule has 2 atom stereocenters. The Kier molecular flexibility index (Phi) is 2.13. The molecule has 13 heavy (non-hydrogen) atoms. The van der Waals surface area contributed by atoms with Crippen LogP contribution in [0.25, 0.3) is 0 Å². The molecule has 3 heteroatoms. The van der Waals surface area contributed by atoms with Crippen LogP contribution in [-0.2, 0) is 9.47 Å².